The van der Waals surface area contributed by atoms with Crippen molar-refractivity contribution in [1.82, 2.24) is 0 Å². The van der Waals surface area contributed by atoms with E-state index in [1.54, 1.807) is 0 Å². The standard InChI is InChI=1S/C22H31NO2/c1-4-5-6-11-16-24-21-14-9-7-12-19(21)17-23-20-13-8-10-15-22(20)25-18(2)3/h7-10,12-15,18,23H,4-6,11,16-17H2,1-3H3. The van der Waals surface area contributed by atoms with Gasteiger partial charge in [0.25, 0.3) is 0 Å². The van der Waals surface area contributed by atoms with Crippen LogP contribution in [-0.2, 0) is 6.54 Å². The fourth-order valence-corrected chi connectivity index (χ4v) is 2.66. The van der Waals surface area contributed by atoms with Gasteiger partial charge in [0.1, 0.15) is 11.5 Å². The molecule has 3 nitrogen and oxygen atoms in total. The molecule has 0 aliphatic rings. The van der Waals surface area contributed by atoms with Crippen molar-refractivity contribution in [3.63, 3.8) is 0 Å². The van der Waals surface area contributed by atoms with Crippen molar-refractivity contribution in [3.05, 3.63) is 54.1 Å². The summed E-state index contributed by atoms with van der Waals surface area (Å²) in [5, 5.41) is 3.48. The number of rotatable bonds is 11. The van der Waals surface area contributed by atoms with E-state index in [0.717, 1.165) is 35.8 Å². The van der Waals surface area contributed by atoms with E-state index in [1.165, 1.54) is 19.3 Å². The number of hydrogen-bond acceptors (Lipinski definition) is 3. The number of benzene rings is 2. The van der Waals surface area contributed by atoms with Crippen LogP contribution in [0.3, 0.4) is 0 Å². The number of nitrogens with one attached hydrogen (secondary N) is 1. The highest BCUT2D eigenvalue weighted by Crippen LogP contribution is 2.27. The molecule has 0 aromatic heterocycles. The fraction of sp³-hybridized carbons (Fsp3) is 0.455. The Hall–Kier alpha value is -2.16. The average Bonchev–Trinajstić information content (AvgIpc) is 2.61. The van der Waals surface area contributed by atoms with Gasteiger partial charge in [-0.15, -0.1) is 0 Å². The van der Waals surface area contributed by atoms with E-state index in [1.807, 2.05) is 50.2 Å². The molecule has 0 radical (unpaired) electrons. The van der Waals surface area contributed by atoms with Crippen LogP contribution in [0.1, 0.15) is 52.0 Å². The third-order valence-electron chi connectivity index (χ3n) is 3.95. The molecule has 0 heterocycles. The lowest BCUT2D eigenvalue weighted by atomic mass is 10.2. The van der Waals surface area contributed by atoms with E-state index < -0.39 is 0 Å². The largest absolute Gasteiger partial charge is 0.493 e. The van der Waals surface area contributed by atoms with E-state index in [9.17, 15) is 0 Å². The van der Waals surface area contributed by atoms with Crippen LogP contribution in [0.2, 0.25) is 0 Å². The first-order valence-corrected chi connectivity index (χ1v) is 9.41. The number of para-hydroxylation sites is 3. The van der Waals surface area contributed by atoms with Gasteiger partial charge in [0.15, 0.2) is 0 Å². The van der Waals surface area contributed by atoms with E-state index >= 15 is 0 Å². The summed E-state index contributed by atoms with van der Waals surface area (Å²) in [5.41, 5.74) is 2.17. The topological polar surface area (TPSA) is 30.5 Å². The molecule has 0 atom stereocenters. The first kappa shape index (κ1) is 19.2. The molecular weight excluding hydrogens is 310 g/mol. The van der Waals surface area contributed by atoms with Crippen LogP contribution >= 0.6 is 0 Å². The molecule has 0 fully saturated rings. The monoisotopic (exact) mass is 341 g/mol. The smallest absolute Gasteiger partial charge is 0.142 e. The van der Waals surface area contributed by atoms with Crippen LogP contribution in [0.4, 0.5) is 5.69 Å². The zero-order chi connectivity index (χ0) is 17.9. The van der Waals surface area contributed by atoms with E-state index in [-0.39, 0.29) is 6.10 Å². The Morgan fingerprint density at radius 1 is 0.880 bits per heavy atom. The molecule has 25 heavy (non-hydrogen) atoms. The molecule has 2 aromatic carbocycles. The van der Waals surface area contributed by atoms with Crippen LogP contribution in [-0.4, -0.2) is 12.7 Å². The maximum absolute atomic E-state index is 6.00. The molecule has 136 valence electrons. The van der Waals surface area contributed by atoms with Crippen LogP contribution in [0, 0.1) is 0 Å². The minimum absolute atomic E-state index is 0.154. The predicted molar refractivity (Wildman–Crippen MR) is 106 cm³/mol. The second kappa shape index (κ2) is 10.7. The van der Waals surface area contributed by atoms with Gasteiger partial charge >= 0.3 is 0 Å². The highest BCUT2D eigenvalue weighted by atomic mass is 16.5. The Labute approximate surface area is 152 Å². The lowest BCUT2D eigenvalue weighted by Gasteiger charge is -2.17. The molecule has 2 aromatic rings. The number of ether oxygens (including phenoxy) is 2. The van der Waals surface area contributed by atoms with Gasteiger partial charge in [0.05, 0.1) is 18.4 Å². The average molecular weight is 341 g/mol. The summed E-state index contributed by atoms with van der Waals surface area (Å²) in [6, 6.07) is 16.3. The Morgan fingerprint density at radius 3 is 2.36 bits per heavy atom. The lowest BCUT2D eigenvalue weighted by Crippen LogP contribution is -2.09. The molecule has 0 bridgehead atoms. The van der Waals surface area contributed by atoms with E-state index in [2.05, 4.69) is 24.4 Å². The maximum atomic E-state index is 6.00. The van der Waals surface area contributed by atoms with Crippen LogP contribution < -0.4 is 14.8 Å². The summed E-state index contributed by atoms with van der Waals surface area (Å²) < 4.78 is 11.9. The highest BCUT2D eigenvalue weighted by molar-refractivity contribution is 5.56. The number of unbranched alkanes of at least 4 members (excludes halogenated alkanes) is 3. The third kappa shape index (κ3) is 6.69. The Morgan fingerprint density at radius 2 is 1.60 bits per heavy atom. The van der Waals surface area contributed by atoms with E-state index in [0.29, 0.717) is 6.54 Å². The first-order chi connectivity index (χ1) is 12.2. The van der Waals surface area contributed by atoms with Crippen LogP contribution in [0.5, 0.6) is 11.5 Å². The van der Waals surface area contributed by atoms with Crippen molar-refractivity contribution in [2.75, 3.05) is 11.9 Å². The highest BCUT2D eigenvalue weighted by Gasteiger charge is 2.07. The quantitative estimate of drug-likeness (QED) is 0.505. The van der Waals surface area contributed by atoms with Crippen LogP contribution in [0.15, 0.2) is 48.5 Å². The summed E-state index contributed by atoms with van der Waals surface area (Å²) >= 11 is 0. The van der Waals surface area contributed by atoms with Crippen molar-refractivity contribution in [2.24, 2.45) is 0 Å². The molecular formula is C22H31NO2. The lowest BCUT2D eigenvalue weighted by molar-refractivity contribution is 0.243. The van der Waals surface area contributed by atoms with E-state index in [4.69, 9.17) is 9.47 Å². The van der Waals surface area contributed by atoms with Gasteiger partial charge in [0.2, 0.25) is 0 Å². The number of hydrogen-bond donors (Lipinski definition) is 1. The normalized spacial score (nSPS) is 10.7. The van der Waals surface area contributed by atoms with Gasteiger partial charge in [-0.25, -0.2) is 0 Å². The molecule has 1 N–H and O–H groups in total. The summed E-state index contributed by atoms with van der Waals surface area (Å²) in [5.74, 6) is 1.85. The van der Waals surface area contributed by atoms with Crippen molar-refractivity contribution in [2.45, 2.75) is 59.1 Å². The minimum Gasteiger partial charge on any atom is -0.493 e. The van der Waals surface area contributed by atoms with Gasteiger partial charge in [-0.3, -0.25) is 0 Å². The van der Waals surface area contributed by atoms with Gasteiger partial charge in [0, 0.05) is 12.1 Å². The Balaban J connectivity index is 1.95. The maximum Gasteiger partial charge on any atom is 0.142 e. The van der Waals surface area contributed by atoms with Gasteiger partial charge in [-0.05, 0) is 38.5 Å². The van der Waals surface area contributed by atoms with Crippen molar-refractivity contribution >= 4 is 5.69 Å². The van der Waals surface area contributed by atoms with Gasteiger partial charge in [-0.1, -0.05) is 56.5 Å². The Bertz CT molecular complexity index is 625. The van der Waals surface area contributed by atoms with Crippen molar-refractivity contribution in [3.8, 4) is 11.5 Å². The van der Waals surface area contributed by atoms with Crippen LogP contribution in [0.25, 0.3) is 0 Å². The van der Waals surface area contributed by atoms with Gasteiger partial charge in [-0.2, -0.15) is 0 Å². The Kier molecular flexibility index (Phi) is 8.17. The zero-order valence-electron chi connectivity index (χ0n) is 15.8. The van der Waals surface area contributed by atoms with Gasteiger partial charge < -0.3 is 14.8 Å². The molecule has 3 heteroatoms. The fourth-order valence-electron chi connectivity index (χ4n) is 2.66. The summed E-state index contributed by atoms with van der Waals surface area (Å²) in [7, 11) is 0. The molecule has 0 saturated carbocycles. The third-order valence-corrected chi connectivity index (χ3v) is 3.95. The SMILES string of the molecule is CCCCCCOc1ccccc1CNc1ccccc1OC(C)C. The molecule has 0 aliphatic carbocycles. The molecule has 0 saturated heterocycles. The predicted octanol–water partition coefficient (Wildman–Crippen LogP) is 6.05. The first-order valence-electron chi connectivity index (χ1n) is 9.41. The zero-order valence-corrected chi connectivity index (χ0v) is 15.8. The molecule has 0 aliphatic heterocycles. The molecule has 0 amide bonds. The second-order valence-corrected chi connectivity index (χ2v) is 6.53. The molecule has 2 rings (SSSR count). The summed E-state index contributed by atoms with van der Waals surface area (Å²) in [6.45, 7) is 7.80. The van der Waals surface area contributed by atoms with Crippen molar-refractivity contribution < 1.29 is 9.47 Å². The van der Waals surface area contributed by atoms with Crippen molar-refractivity contribution in [1.29, 1.82) is 0 Å². The minimum atomic E-state index is 0.154. The molecule has 0 unspecified atom stereocenters. The summed E-state index contributed by atoms with van der Waals surface area (Å²) in [6.07, 6.45) is 5.02. The summed E-state index contributed by atoms with van der Waals surface area (Å²) in [4.78, 5) is 0. The number of anilines is 1. The molecule has 0 spiro atoms. The second-order valence-electron chi connectivity index (χ2n) is 6.53.